The third-order valence-corrected chi connectivity index (χ3v) is 5.21. The van der Waals surface area contributed by atoms with E-state index in [9.17, 15) is 9.50 Å². The maximum atomic E-state index is 14.1. The molecule has 0 aromatic heterocycles. The SMILES string of the molecule is C[C@@H]1CC(O)C=C2CC[C@@H](C(C)(C)F)C[C@]21C. The molecule has 1 nitrogen and oxygen atoms in total. The predicted molar refractivity (Wildman–Crippen MR) is 68.5 cm³/mol. The van der Waals surface area contributed by atoms with E-state index in [2.05, 4.69) is 13.8 Å². The topological polar surface area (TPSA) is 20.2 Å². The molecule has 2 rings (SSSR count). The van der Waals surface area contributed by atoms with Crippen molar-refractivity contribution in [3.8, 4) is 0 Å². The second-order valence-corrected chi connectivity index (χ2v) is 6.82. The molecule has 98 valence electrons. The smallest absolute Gasteiger partial charge is 0.108 e. The van der Waals surface area contributed by atoms with Crippen LogP contribution >= 0.6 is 0 Å². The number of aliphatic hydroxyl groups excluding tert-OH is 1. The lowest BCUT2D eigenvalue weighted by molar-refractivity contribution is 0.0256. The highest BCUT2D eigenvalue weighted by Crippen LogP contribution is 2.54. The van der Waals surface area contributed by atoms with Gasteiger partial charge in [0.2, 0.25) is 0 Å². The van der Waals surface area contributed by atoms with E-state index in [1.807, 2.05) is 6.08 Å². The summed E-state index contributed by atoms with van der Waals surface area (Å²) in [6.07, 6.45) is 5.36. The predicted octanol–water partition coefficient (Wildman–Crippen LogP) is 3.87. The maximum Gasteiger partial charge on any atom is 0.108 e. The molecule has 0 aromatic carbocycles. The molecular formula is C15H25FO. The van der Waals surface area contributed by atoms with E-state index in [1.54, 1.807) is 13.8 Å². The number of hydrogen-bond donors (Lipinski definition) is 1. The molecule has 1 saturated carbocycles. The lowest BCUT2D eigenvalue weighted by Crippen LogP contribution is -2.43. The van der Waals surface area contributed by atoms with Gasteiger partial charge in [0, 0.05) is 0 Å². The Balaban J connectivity index is 2.25. The van der Waals surface area contributed by atoms with Crippen LogP contribution in [0.25, 0.3) is 0 Å². The minimum Gasteiger partial charge on any atom is -0.389 e. The van der Waals surface area contributed by atoms with Gasteiger partial charge in [-0.05, 0) is 56.8 Å². The van der Waals surface area contributed by atoms with Gasteiger partial charge in [0.15, 0.2) is 0 Å². The number of alkyl halides is 1. The fourth-order valence-corrected chi connectivity index (χ4v) is 3.66. The van der Waals surface area contributed by atoms with Crippen molar-refractivity contribution in [2.75, 3.05) is 0 Å². The van der Waals surface area contributed by atoms with Crippen molar-refractivity contribution in [3.05, 3.63) is 11.6 Å². The van der Waals surface area contributed by atoms with Gasteiger partial charge in [0.05, 0.1) is 6.10 Å². The zero-order chi connectivity index (χ0) is 12.8. The molecule has 0 aliphatic heterocycles. The van der Waals surface area contributed by atoms with E-state index in [0.717, 1.165) is 25.7 Å². The van der Waals surface area contributed by atoms with Crippen LogP contribution in [-0.4, -0.2) is 16.9 Å². The van der Waals surface area contributed by atoms with Gasteiger partial charge >= 0.3 is 0 Å². The van der Waals surface area contributed by atoms with Gasteiger partial charge < -0.3 is 5.11 Å². The highest BCUT2D eigenvalue weighted by atomic mass is 19.1. The molecule has 0 spiro atoms. The summed E-state index contributed by atoms with van der Waals surface area (Å²) >= 11 is 0. The van der Waals surface area contributed by atoms with Crippen LogP contribution in [0.2, 0.25) is 0 Å². The number of aliphatic hydroxyl groups is 1. The molecular weight excluding hydrogens is 215 g/mol. The molecule has 0 heterocycles. The average Bonchev–Trinajstić information content (AvgIpc) is 2.18. The van der Waals surface area contributed by atoms with Crippen LogP contribution < -0.4 is 0 Å². The van der Waals surface area contributed by atoms with Crippen molar-refractivity contribution in [2.24, 2.45) is 17.3 Å². The number of rotatable bonds is 1. The third-order valence-electron chi connectivity index (χ3n) is 5.21. The normalized spacial score (nSPS) is 42.9. The Bertz CT molecular complexity index is 328. The van der Waals surface area contributed by atoms with Crippen LogP contribution in [0, 0.1) is 17.3 Å². The van der Waals surface area contributed by atoms with Crippen molar-refractivity contribution in [1.82, 2.24) is 0 Å². The minimum absolute atomic E-state index is 0.103. The average molecular weight is 240 g/mol. The number of allylic oxidation sites excluding steroid dienone is 1. The molecule has 2 aliphatic carbocycles. The van der Waals surface area contributed by atoms with Crippen LogP contribution in [-0.2, 0) is 0 Å². The van der Waals surface area contributed by atoms with Gasteiger partial charge in [-0.3, -0.25) is 0 Å². The zero-order valence-electron chi connectivity index (χ0n) is 11.5. The van der Waals surface area contributed by atoms with E-state index in [-0.39, 0.29) is 17.4 Å². The summed E-state index contributed by atoms with van der Waals surface area (Å²) in [5.74, 6) is 0.602. The largest absolute Gasteiger partial charge is 0.389 e. The first-order valence-electron chi connectivity index (χ1n) is 6.81. The Kier molecular flexibility index (Phi) is 3.14. The summed E-state index contributed by atoms with van der Waals surface area (Å²) in [7, 11) is 0. The zero-order valence-corrected chi connectivity index (χ0v) is 11.5. The van der Waals surface area contributed by atoms with Crippen LogP contribution in [0.15, 0.2) is 11.6 Å². The third kappa shape index (κ3) is 2.29. The van der Waals surface area contributed by atoms with Crippen LogP contribution in [0.1, 0.15) is 53.4 Å². The first-order valence-corrected chi connectivity index (χ1v) is 6.81. The molecule has 2 heteroatoms. The number of fused-ring (bicyclic) bond motifs is 1. The lowest BCUT2D eigenvalue weighted by atomic mass is 9.56. The molecule has 4 atom stereocenters. The lowest BCUT2D eigenvalue weighted by Gasteiger charge is -2.50. The van der Waals surface area contributed by atoms with Crippen molar-refractivity contribution in [2.45, 2.75) is 65.2 Å². The van der Waals surface area contributed by atoms with Crippen LogP contribution in [0.5, 0.6) is 0 Å². The Morgan fingerprint density at radius 2 is 2.12 bits per heavy atom. The van der Waals surface area contributed by atoms with Gasteiger partial charge in [0.1, 0.15) is 5.67 Å². The van der Waals surface area contributed by atoms with Crippen molar-refractivity contribution >= 4 is 0 Å². The van der Waals surface area contributed by atoms with Gasteiger partial charge in [-0.15, -0.1) is 0 Å². The molecule has 2 aliphatic rings. The number of hydrogen-bond acceptors (Lipinski definition) is 1. The fraction of sp³-hybridized carbons (Fsp3) is 0.867. The van der Waals surface area contributed by atoms with E-state index >= 15 is 0 Å². The second-order valence-electron chi connectivity index (χ2n) is 6.82. The Morgan fingerprint density at radius 1 is 1.47 bits per heavy atom. The Morgan fingerprint density at radius 3 is 2.71 bits per heavy atom. The highest BCUT2D eigenvalue weighted by Gasteiger charge is 2.46. The molecule has 0 radical (unpaired) electrons. The van der Waals surface area contributed by atoms with E-state index in [0.29, 0.717) is 5.92 Å². The number of halogens is 1. The van der Waals surface area contributed by atoms with Crippen LogP contribution in [0.4, 0.5) is 4.39 Å². The van der Waals surface area contributed by atoms with E-state index < -0.39 is 5.67 Å². The summed E-state index contributed by atoms with van der Waals surface area (Å²) in [6.45, 7) is 7.87. The van der Waals surface area contributed by atoms with Gasteiger partial charge in [-0.25, -0.2) is 4.39 Å². The summed E-state index contributed by atoms with van der Waals surface area (Å²) in [5, 5.41) is 9.81. The first-order chi connectivity index (χ1) is 7.73. The first kappa shape index (κ1) is 13.1. The summed E-state index contributed by atoms with van der Waals surface area (Å²) in [5.41, 5.74) is 0.389. The summed E-state index contributed by atoms with van der Waals surface area (Å²) < 4.78 is 14.1. The molecule has 17 heavy (non-hydrogen) atoms. The molecule has 1 N–H and O–H groups in total. The Hall–Kier alpha value is -0.370. The van der Waals surface area contributed by atoms with E-state index in [1.165, 1.54) is 5.57 Å². The molecule has 0 bridgehead atoms. The fourth-order valence-electron chi connectivity index (χ4n) is 3.66. The Labute approximate surface area is 104 Å². The highest BCUT2D eigenvalue weighted by molar-refractivity contribution is 5.23. The van der Waals surface area contributed by atoms with E-state index in [4.69, 9.17) is 0 Å². The second kappa shape index (κ2) is 4.08. The van der Waals surface area contributed by atoms with Gasteiger partial charge in [0.25, 0.3) is 0 Å². The van der Waals surface area contributed by atoms with Crippen molar-refractivity contribution in [3.63, 3.8) is 0 Å². The molecule has 0 aromatic rings. The molecule has 0 amide bonds. The maximum absolute atomic E-state index is 14.1. The summed E-state index contributed by atoms with van der Waals surface area (Å²) in [4.78, 5) is 0. The summed E-state index contributed by atoms with van der Waals surface area (Å²) in [6, 6.07) is 0. The molecule has 0 saturated heterocycles. The quantitative estimate of drug-likeness (QED) is 0.690. The monoisotopic (exact) mass is 240 g/mol. The minimum atomic E-state index is -1.08. The standard InChI is InChI=1S/C15H25FO/c1-10-7-13(17)8-11-5-6-12(14(2,3)16)9-15(10,11)4/h8,10,12-13,17H,5-7,9H2,1-4H3/t10-,12-,13?,15+/m1/s1. The van der Waals surface area contributed by atoms with Gasteiger partial charge in [-0.1, -0.05) is 25.5 Å². The van der Waals surface area contributed by atoms with Crippen molar-refractivity contribution in [1.29, 1.82) is 0 Å². The molecule has 1 unspecified atom stereocenters. The van der Waals surface area contributed by atoms with Crippen molar-refractivity contribution < 1.29 is 9.50 Å². The molecule has 1 fully saturated rings. The van der Waals surface area contributed by atoms with Gasteiger partial charge in [-0.2, -0.15) is 0 Å². The van der Waals surface area contributed by atoms with Crippen LogP contribution in [0.3, 0.4) is 0 Å².